The van der Waals surface area contributed by atoms with E-state index < -0.39 is 29.0 Å². The molecule has 0 unspecified atom stereocenters. The monoisotopic (exact) mass is 657 g/mol. The van der Waals surface area contributed by atoms with Crippen LogP contribution in [0, 0.1) is 11.2 Å². The molecule has 0 spiro atoms. The predicted octanol–water partition coefficient (Wildman–Crippen LogP) is 2.88. The molecule has 13 heteroatoms. The van der Waals surface area contributed by atoms with Gasteiger partial charge in [-0.05, 0) is 81.0 Å². The maximum absolute atomic E-state index is 15.2. The maximum atomic E-state index is 15.2. The molecule has 1 heterocycles. The van der Waals surface area contributed by atoms with E-state index >= 15 is 4.39 Å². The average molecular weight is 658 g/mol. The number of carbonyl (C=O) groups is 3. The van der Waals surface area contributed by atoms with Crippen LogP contribution in [-0.2, 0) is 14.4 Å². The molecule has 2 N–H and O–H groups in total. The molecule has 1 aliphatic carbocycles. The zero-order chi connectivity index (χ0) is 32.0. The van der Waals surface area contributed by atoms with E-state index in [1.165, 1.54) is 25.4 Å². The first-order valence-corrected chi connectivity index (χ1v) is 14.7. The van der Waals surface area contributed by atoms with Gasteiger partial charge < -0.3 is 34.7 Å². The maximum Gasteiger partial charge on any atom is 1.00 e. The fourth-order valence-electron chi connectivity index (χ4n) is 4.75. The van der Waals surface area contributed by atoms with Gasteiger partial charge in [-0.25, -0.2) is 4.39 Å². The molecule has 0 saturated heterocycles. The number of rotatable bonds is 14. The number of hydrogen-bond acceptors (Lipinski definition) is 8. The van der Waals surface area contributed by atoms with Gasteiger partial charge in [-0.1, -0.05) is 17.7 Å². The Morgan fingerprint density at radius 2 is 1.65 bits per heavy atom. The van der Waals surface area contributed by atoms with Crippen LogP contribution in [0.5, 0.6) is 23.0 Å². The predicted molar refractivity (Wildman–Crippen MR) is 164 cm³/mol. The van der Waals surface area contributed by atoms with E-state index in [1.807, 2.05) is 0 Å². The largest absolute Gasteiger partial charge is 1.00 e. The summed E-state index contributed by atoms with van der Waals surface area (Å²) in [4.78, 5) is 40.9. The Bertz CT molecular complexity index is 1750. The van der Waals surface area contributed by atoms with Gasteiger partial charge in [-0.3, -0.25) is 14.6 Å². The van der Waals surface area contributed by atoms with Crippen LogP contribution in [-0.4, -0.2) is 36.5 Å². The molecular weight excluding hydrogens is 628 g/mol. The number of fused-ring (bicyclic) bond motifs is 1. The second kappa shape index (κ2) is 15.6. The SMILES string of the molecule is COc1cc2c(Oc3ccc(NC(=O)C4(C(=O)Nc5cccc(Cl)c5)CC4)cc3F)ccnc2cc1OCCCCCC(=O)[O-].[Na+]. The van der Waals surface area contributed by atoms with Crippen LogP contribution in [0.15, 0.2) is 66.9 Å². The minimum atomic E-state index is -1.25. The third-order valence-corrected chi connectivity index (χ3v) is 7.62. The topological polar surface area (TPSA) is 139 Å². The van der Waals surface area contributed by atoms with E-state index in [2.05, 4.69) is 15.6 Å². The number of amides is 2. The van der Waals surface area contributed by atoms with Crippen LogP contribution >= 0.6 is 11.6 Å². The van der Waals surface area contributed by atoms with Crippen molar-refractivity contribution in [2.45, 2.75) is 38.5 Å². The Kier molecular flexibility index (Phi) is 11.9. The van der Waals surface area contributed by atoms with Crippen LogP contribution in [0.25, 0.3) is 10.9 Å². The summed E-state index contributed by atoms with van der Waals surface area (Å²) in [6, 6.07) is 15.6. The number of benzene rings is 3. The van der Waals surface area contributed by atoms with Crippen molar-refractivity contribution in [1.82, 2.24) is 4.98 Å². The van der Waals surface area contributed by atoms with Crippen molar-refractivity contribution in [3.05, 3.63) is 77.7 Å². The summed E-state index contributed by atoms with van der Waals surface area (Å²) in [5.74, 6) is -1.68. The normalized spacial score (nSPS) is 12.8. The van der Waals surface area contributed by atoms with Crippen molar-refractivity contribution in [2.75, 3.05) is 24.4 Å². The molecule has 1 aromatic heterocycles. The van der Waals surface area contributed by atoms with Crippen molar-refractivity contribution >= 4 is 51.7 Å². The number of carboxylic acids is 1. The summed E-state index contributed by atoms with van der Waals surface area (Å²) < 4.78 is 32.4. The fraction of sp³-hybridized carbons (Fsp3) is 0.273. The van der Waals surface area contributed by atoms with Gasteiger partial charge in [-0.2, -0.15) is 0 Å². The first-order valence-electron chi connectivity index (χ1n) is 14.3. The first-order chi connectivity index (χ1) is 21.7. The number of halogens is 2. The molecular formula is C33H30ClFN3NaO7. The van der Waals surface area contributed by atoms with Crippen molar-refractivity contribution in [3.63, 3.8) is 0 Å². The molecule has 0 bridgehead atoms. The number of unbranched alkanes of at least 4 members (excludes halogenated alkanes) is 2. The molecule has 1 saturated carbocycles. The summed E-state index contributed by atoms with van der Waals surface area (Å²) >= 11 is 5.99. The van der Waals surface area contributed by atoms with E-state index in [4.69, 9.17) is 25.8 Å². The van der Waals surface area contributed by atoms with Crippen molar-refractivity contribution in [1.29, 1.82) is 0 Å². The fourth-order valence-corrected chi connectivity index (χ4v) is 4.94. The van der Waals surface area contributed by atoms with E-state index in [-0.39, 0.29) is 47.4 Å². The van der Waals surface area contributed by atoms with Gasteiger partial charge in [0.25, 0.3) is 0 Å². The number of aliphatic carboxylic acids is 1. The Balaban J connectivity index is 0.00000480. The number of carboxylic acid groups (broad SMARTS) is 1. The number of anilines is 2. The number of aromatic nitrogens is 1. The Hall–Kier alpha value is -3.90. The van der Waals surface area contributed by atoms with Gasteiger partial charge in [0.15, 0.2) is 23.1 Å². The Morgan fingerprint density at radius 1 is 0.913 bits per heavy atom. The molecule has 2 amide bonds. The van der Waals surface area contributed by atoms with E-state index in [9.17, 15) is 19.5 Å². The van der Waals surface area contributed by atoms with Crippen LogP contribution < -0.4 is 59.5 Å². The zero-order valence-corrected chi connectivity index (χ0v) is 28.1. The molecule has 10 nitrogen and oxygen atoms in total. The van der Waals surface area contributed by atoms with Gasteiger partial charge in [-0.15, -0.1) is 0 Å². The minimum absolute atomic E-state index is 0. The first kappa shape index (κ1) is 35.0. The molecule has 0 aliphatic heterocycles. The Labute approximate surface area is 291 Å². The number of pyridine rings is 1. The van der Waals surface area contributed by atoms with Gasteiger partial charge in [0.1, 0.15) is 11.2 Å². The third kappa shape index (κ3) is 8.47. The number of ether oxygens (including phenoxy) is 3. The second-order valence-corrected chi connectivity index (χ2v) is 11.0. The smallest absolute Gasteiger partial charge is 0.550 e. The molecule has 4 aromatic rings. The van der Waals surface area contributed by atoms with Crippen LogP contribution in [0.4, 0.5) is 15.8 Å². The van der Waals surface area contributed by atoms with Gasteiger partial charge in [0.05, 0.1) is 19.2 Å². The van der Waals surface area contributed by atoms with Crippen LogP contribution in [0.2, 0.25) is 5.02 Å². The molecule has 1 fully saturated rings. The van der Waals surface area contributed by atoms with Crippen molar-refractivity contribution in [2.24, 2.45) is 5.41 Å². The number of nitrogens with one attached hydrogen (secondary N) is 2. The van der Waals surface area contributed by atoms with Crippen LogP contribution in [0.3, 0.4) is 0 Å². The van der Waals surface area contributed by atoms with E-state index in [0.29, 0.717) is 77.6 Å². The summed E-state index contributed by atoms with van der Waals surface area (Å²) in [6.07, 6.45) is 4.09. The Morgan fingerprint density at radius 3 is 2.30 bits per heavy atom. The molecule has 234 valence electrons. The quantitative estimate of drug-likeness (QED) is 0.120. The van der Waals surface area contributed by atoms with Gasteiger partial charge in [0.2, 0.25) is 11.8 Å². The number of methoxy groups -OCH3 is 1. The number of nitrogens with zero attached hydrogens (tertiary/aromatic N) is 1. The summed E-state index contributed by atoms with van der Waals surface area (Å²) in [5, 5.41) is 16.9. The molecule has 1 aliphatic rings. The molecule has 0 atom stereocenters. The molecule has 0 radical (unpaired) electrons. The summed E-state index contributed by atoms with van der Waals surface area (Å²) in [6.45, 7) is 0.354. The van der Waals surface area contributed by atoms with Crippen molar-refractivity contribution in [3.8, 4) is 23.0 Å². The van der Waals surface area contributed by atoms with Gasteiger partial charge >= 0.3 is 29.6 Å². The van der Waals surface area contributed by atoms with Gasteiger partial charge in [0, 0.05) is 46.1 Å². The average Bonchev–Trinajstić information content (AvgIpc) is 3.82. The zero-order valence-electron chi connectivity index (χ0n) is 25.4. The molecule has 3 aromatic carbocycles. The number of carbonyl (C=O) groups excluding carboxylic acids is 3. The number of hydrogen-bond donors (Lipinski definition) is 2. The second-order valence-electron chi connectivity index (χ2n) is 10.6. The summed E-state index contributed by atoms with van der Waals surface area (Å²) in [5.41, 5.74) is -0.0687. The third-order valence-electron chi connectivity index (χ3n) is 7.38. The summed E-state index contributed by atoms with van der Waals surface area (Å²) in [7, 11) is 1.49. The minimum Gasteiger partial charge on any atom is -0.550 e. The standard InChI is InChI=1S/C33H31ClFN3O7.Na/c1-43-28-18-23-25(19-29(28)44-15-4-2-3-8-30(39)40)36-14-11-26(23)45-27-10-9-22(17-24(27)35)38-32(42)33(12-13-33)31(41)37-21-7-5-6-20(34)16-21;/h5-7,9-11,14,16-19H,2-4,8,12-13,15H2,1H3,(H,37,41)(H,38,42)(H,39,40);/q;+1/p-1. The van der Waals surface area contributed by atoms with Crippen LogP contribution in [0.1, 0.15) is 38.5 Å². The van der Waals surface area contributed by atoms with E-state index in [0.717, 1.165) is 6.07 Å². The van der Waals surface area contributed by atoms with Crippen molar-refractivity contribution < 1.29 is 67.6 Å². The molecule has 5 rings (SSSR count). The molecule has 46 heavy (non-hydrogen) atoms. The van der Waals surface area contributed by atoms with E-state index in [1.54, 1.807) is 42.5 Å².